The predicted molar refractivity (Wildman–Crippen MR) is 115 cm³/mol. The molecule has 1 aliphatic carbocycles. The zero-order chi connectivity index (χ0) is 22.3. The van der Waals surface area contributed by atoms with E-state index in [4.69, 9.17) is 0 Å². The molecule has 1 unspecified atom stereocenters. The molecule has 1 saturated carbocycles. The quantitative estimate of drug-likeness (QED) is 0.471. The van der Waals surface area contributed by atoms with Crippen molar-refractivity contribution in [1.82, 2.24) is 20.9 Å². The van der Waals surface area contributed by atoms with Gasteiger partial charge in [-0.15, -0.1) is 0 Å². The van der Waals surface area contributed by atoms with Crippen molar-refractivity contribution in [2.24, 2.45) is 4.99 Å². The Bertz CT molecular complexity index is 745. The molecule has 1 aromatic carbocycles. The van der Waals surface area contributed by atoms with Gasteiger partial charge in [0.25, 0.3) is 0 Å². The molecule has 2 aliphatic rings. The monoisotopic (exact) mass is 439 g/mol. The molecule has 0 spiro atoms. The molecule has 1 amide bonds. The van der Waals surface area contributed by atoms with Crippen LogP contribution in [0.1, 0.15) is 49.7 Å². The van der Waals surface area contributed by atoms with Gasteiger partial charge in [-0.25, -0.2) is 0 Å². The van der Waals surface area contributed by atoms with Crippen molar-refractivity contribution in [3.63, 3.8) is 0 Å². The van der Waals surface area contributed by atoms with Crippen LogP contribution in [0.2, 0.25) is 0 Å². The Morgan fingerprint density at radius 3 is 2.42 bits per heavy atom. The molecular formula is C22H32F3N5O. The van der Waals surface area contributed by atoms with Gasteiger partial charge in [0.2, 0.25) is 5.91 Å². The van der Waals surface area contributed by atoms with Crippen molar-refractivity contribution in [3.8, 4) is 0 Å². The molecule has 1 aromatic rings. The van der Waals surface area contributed by atoms with E-state index < -0.39 is 11.7 Å². The number of hydrogen-bond donors (Lipinski definition) is 3. The maximum atomic E-state index is 12.7. The first-order chi connectivity index (χ1) is 14.8. The Hall–Kier alpha value is -2.29. The first-order valence-corrected chi connectivity index (χ1v) is 11.0. The summed E-state index contributed by atoms with van der Waals surface area (Å²) in [6, 6.07) is 5.79. The van der Waals surface area contributed by atoms with Gasteiger partial charge in [-0.05, 0) is 37.0 Å². The molecule has 1 aliphatic heterocycles. The highest BCUT2D eigenvalue weighted by Gasteiger charge is 2.30. The number of halogens is 3. The van der Waals surface area contributed by atoms with Gasteiger partial charge in [0, 0.05) is 38.8 Å². The fourth-order valence-corrected chi connectivity index (χ4v) is 4.23. The molecule has 3 rings (SSSR count). The van der Waals surface area contributed by atoms with Gasteiger partial charge >= 0.3 is 6.18 Å². The minimum atomic E-state index is -4.31. The first-order valence-electron chi connectivity index (χ1n) is 11.0. The fraction of sp³-hybridized carbons (Fsp3) is 0.636. The summed E-state index contributed by atoms with van der Waals surface area (Å²) in [5.41, 5.74) is 0.232. The van der Waals surface area contributed by atoms with Gasteiger partial charge in [-0.3, -0.25) is 14.7 Å². The normalized spacial score (nSPS) is 21.2. The van der Waals surface area contributed by atoms with Crippen LogP contribution in [-0.2, 0) is 17.5 Å². The number of amides is 1. The Morgan fingerprint density at radius 1 is 1.06 bits per heavy atom. The highest BCUT2D eigenvalue weighted by Crippen LogP contribution is 2.29. The van der Waals surface area contributed by atoms with Crippen LogP contribution in [0.5, 0.6) is 0 Å². The average molecular weight is 440 g/mol. The lowest BCUT2D eigenvalue weighted by Crippen LogP contribution is -2.49. The van der Waals surface area contributed by atoms with E-state index in [0.29, 0.717) is 12.5 Å². The SMILES string of the molecule is CN=C(NCC(=O)NC1CCCCC1)NC1CCN(Cc2ccc(C(F)(F)F)cc2)C1. The summed E-state index contributed by atoms with van der Waals surface area (Å²) in [5.74, 6) is 0.561. The third-order valence-corrected chi connectivity index (χ3v) is 5.91. The first kappa shape index (κ1) is 23.4. The number of nitrogens with one attached hydrogen (secondary N) is 3. The number of hydrogen-bond acceptors (Lipinski definition) is 3. The van der Waals surface area contributed by atoms with Crippen LogP contribution < -0.4 is 16.0 Å². The molecular weight excluding hydrogens is 407 g/mol. The van der Waals surface area contributed by atoms with Gasteiger partial charge in [-0.1, -0.05) is 31.4 Å². The van der Waals surface area contributed by atoms with Crippen LogP contribution in [0.3, 0.4) is 0 Å². The molecule has 172 valence electrons. The molecule has 1 atom stereocenters. The highest BCUT2D eigenvalue weighted by atomic mass is 19.4. The molecule has 2 fully saturated rings. The second-order valence-electron chi connectivity index (χ2n) is 8.39. The zero-order valence-corrected chi connectivity index (χ0v) is 18.0. The Kier molecular flexibility index (Phi) is 8.17. The minimum absolute atomic E-state index is 0.0230. The summed E-state index contributed by atoms with van der Waals surface area (Å²) in [5, 5.41) is 9.49. The Morgan fingerprint density at radius 2 is 1.77 bits per heavy atom. The summed E-state index contributed by atoms with van der Waals surface area (Å²) >= 11 is 0. The molecule has 3 N–H and O–H groups in total. The maximum Gasteiger partial charge on any atom is 0.416 e. The lowest BCUT2D eigenvalue weighted by molar-refractivity contribution is -0.137. The lowest BCUT2D eigenvalue weighted by atomic mass is 9.95. The molecule has 31 heavy (non-hydrogen) atoms. The van der Waals surface area contributed by atoms with E-state index in [1.807, 2.05) is 0 Å². The number of aliphatic imine (C=N–C) groups is 1. The van der Waals surface area contributed by atoms with E-state index in [9.17, 15) is 18.0 Å². The number of guanidine groups is 1. The number of rotatable bonds is 6. The summed E-state index contributed by atoms with van der Waals surface area (Å²) in [4.78, 5) is 18.6. The topological polar surface area (TPSA) is 68.8 Å². The van der Waals surface area contributed by atoms with Crippen LogP contribution in [0.15, 0.2) is 29.3 Å². The maximum absolute atomic E-state index is 12.7. The molecule has 9 heteroatoms. The van der Waals surface area contributed by atoms with Gasteiger partial charge in [-0.2, -0.15) is 13.2 Å². The van der Waals surface area contributed by atoms with Crippen molar-refractivity contribution in [1.29, 1.82) is 0 Å². The van der Waals surface area contributed by atoms with E-state index >= 15 is 0 Å². The van der Waals surface area contributed by atoms with E-state index in [-0.39, 0.29) is 24.5 Å². The van der Waals surface area contributed by atoms with E-state index in [1.54, 1.807) is 7.05 Å². The standard InChI is InChI=1S/C22H32F3N5O/c1-26-21(27-13-20(31)28-18-5-3-2-4-6-18)29-19-11-12-30(15-19)14-16-7-9-17(10-8-16)22(23,24)25/h7-10,18-19H,2-6,11-15H2,1H3,(H,28,31)(H2,26,27,29). The van der Waals surface area contributed by atoms with Crippen LogP contribution in [0.4, 0.5) is 13.2 Å². The predicted octanol–water partition coefficient (Wildman–Crippen LogP) is 2.89. The lowest BCUT2D eigenvalue weighted by Gasteiger charge is -2.23. The number of likely N-dealkylation sites (tertiary alicyclic amines) is 1. The number of carbonyl (C=O) groups is 1. The van der Waals surface area contributed by atoms with Gasteiger partial charge < -0.3 is 16.0 Å². The number of nitrogens with zero attached hydrogens (tertiary/aromatic N) is 2. The molecule has 6 nitrogen and oxygen atoms in total. The van der Waals surface area contributed by atoms with Crippen LogP contribution in [-0.4, -0.2) is 55.5 Å². The van der Waals surface area contributed by atoms with E-state index in [1.165, 1.54) is 31.4 Å². The van der Waals surface area contributed by atoms with E-state index in [2.05, 4.69) is 25.8 Å². The Balaban J connectivity index is 1.39. The van der Waals surface area contributed by atoms with Crippen LogP contribution in [0.25, 0.3) is 0 Å². The smallest absolute Gasteiger partial charge is 0.352 e. The summed E-state index contributed by atoms with van der Waals surface area (Å²) in [6.07, 6.45) is 2.29. The van der Waals surface area contributed by atoms with Gasteiger partial charge in [0.15, 0.2) is 5.96 Å². The van der Waals surface area contributed by atoms with Crippen molar-refractivity contribution < 1.29 is 18.0 Å². The summed E-state index contributed by atoms with van der Waals surface area (Å²) < 4.78 is 38.1. The van der Waals surface area contributed by atoms with E-state index in [0.717, 1.165) is 50.0 Å². The van der Waals surface area contributed by atoms with Crippen molar-refractivity contribution in [3.05, 3.63) is 35.4 Å². The second-order valence-corrected chi connectivity index (χ2v) is 8.39. The molecule has 1 saturated heterocycles. The summed E-state index contributed by atoms with van der Waals surface area (Å²) in [7, 11) is 1.67. The Labute approximate surface area is 181 Å². The van der Waals surface area contributed by atoms with Gasteiger partial charge in [0.05, 0.1) is 12.1 Å². The van der Waals surface area contributed by atoms with Crippen molar-refractivity contribution >= 4 is 11.9 Å². The molecule has 1 heterocycles. The number of alkyl halides is 3. The third kappa shape index (κ3) is 7.41. The molecule has 0 radical (unpaired) electrons. The number of benzene rings is 1. The highest BCUT2D eigenvalue weighted by molar-refractivity contribution is 5.86. The average Bonchev–Trinajstić information content (AvgIpc) is 3.18. The van der Waals surface area contributed by atoms with Crippen molar-refractivity contribution in [2.75, 3.05) is 26.7 Å². The fourth-order valence-electron chi connectivity index (χ4n) is 4.23. The second kappa shape index (κ2) is 10.8. The van der Waals surface area contributed by atoms with Gasteiger partial charge in [0.1, 0.15) is 0 Å². The largest absolute Gasteiger partial charge is 0.416 e. The number of carbonyl (C=O) groups excluding carboxylic acids is 1. The van der Waals surface area contributed by atoms with Crippen LogP contribution >= 0.6 is 0 Å². The third-order valence-electron chi connectivity index (χ3n) is 5.91. The molecule has 0 aromatic heterocycles. The van der Waals surface area contributed by atoms with Crippen molar-refractivity contribution in [2.45, 2.75) is 63.3 Å². The summed E-state index contributed by atoms with van der Waals surface area (Å²) in [6.45, 7) is 2.39. The van der Waals surface area contributed by atoms with Crippen LogP contribution in [0, 0.1) is 0 Å². The molecule has 0 bridgehead atoms. The minimum Gasteiger partial charge on any atom is -0.352 e. The zero-order valence-electron chi connectivity index (χ0n) is 18.0.